The number of urea groups is 1. The Labute approximate surface area is 115 Å². The van der Waals surface area contributed by atoms with Gasteiger partial charge in [0.05, 0.1) is 12.0 Å². The van der Waals surface area contributed by atoms with Crippen LogP contribution >= 0.6 is 11.8 Å². The highest BCUT2D eigenvalue weighted by atomic mass is 32.2. The Morgan fingerprint density at radius 3 is 2.68 bits per heavy atom. The number of carboxylic acids is 1. The standard InChI is InChI=1S/C12H18N2O4S/c15-10-2-1-7-3-13(4-8(7)10)12(18)14-6-19-5-9(14)11(16)17/h7-10,15H,1-6H2,(H,16,17). The van der Waals surface area contributed by atoms with Crippen LogP contribution in [-0.4, -0.2) is 68.9 Å². The molecule has 3 fully saturated rings. The maximum Gasteiger partial charge on any atom is 0.327 e. The van der Waals surface area contributed by atoms with E-state index in [1.54, 1.807) is 4.90 Å². The maximum atomic E-state index is 12.4. The number of fused-ring (bicyclic) bond motifs is 1. The number of hydrogen-bond donors (Lipinski definition) is 2. The topological polar surface area (TPSA) is 81.1 Å². The average molecular weight is 286 g/mol. The van der Waals surface area contributed by atoms with Crippen molar-refractivity contribution >= 4 is 23.8 Å². The largest absolute Gasteiger partial charge is 0.480 e. The molecule has 4 atom stereocenters. The lowest BCUT2D eigenvalue weighted by molar-refractivity contribution is -0.140. The summed E-state index contributed by atoms with van der Waals surface area (Å²) in [6.45, 7) is 1.23. The second kappa shape index (κ2) is 4.86. The lowest BCUT2D eigenvalue weighted by Gasteiger charge is -2.27. The minimum Gasteiger partial charge on any atom is -0.480 e. The fourth-order valence-corrected chi connectivity index (χ4v) is 4.55. The zero-order valence-corrected chi connectivity index (χ0v) is 11.4. The van der Waals surface area contributed by atoms with Crippen LogP contribution < -0.4 is 0 Å². The molecule has 4 unspecified atom stereocenters. The van der Waals surface area contributed by atoms with Crippen LogP contribution in [0.25, 0.3) is 0 Å². The molecular weight excluding hydrogens is 268 g/mol. The third kappa shape index (κ3) is 2.18. The van der Waals surface area contributed by atoms with Gasteiger partial charge in [-0.05, 0) is 18.8 Å². The van der Waals surface area contributed by atoms with Crippen molar-refractivity contribution in [3.8, 4) is 0 Å². The summed E-state index contributed by atoms with van der Waals surface area (Å²) in [7, 11) is 0. The number of carboxylic acid groups (broad SMARTS) is 1. The van der Waals surface area contributed by atoms with Crippen LogP contribution in [0.5, 0.6) is 0 Å². The molecule has 1 saturated carbocycles. The van der Waals surface area contributed by atoms with Crippen LogP contribution in [0.2, 0.25) is 0 Å². The van der Waals surface area contributed by atoms with Crippen LogP contribution in [-0.2, 0) is 4.79 Å². The number of thioether (sulfide) groups is 1. The van der Waals surface area contributed by atoms with E-state index in [2.05, 4.69) is 0 Å². The zero-order chi connectivity index (χ0) is 13.6. The molecule has 6 nitrogen and oxygen atoms in total. The summed E-state index contributed by atoms with van der Waals surface area (Å²) < 4.78 is 0. The van der Waals surface area contributed by atoms with Crippen LogP contribution in [0.1, 0.15) is 12.8 Å². The number of rotatable bonds is 1. The molecule has 2 N–H and O–H groups in total. The number of carbonyl (C=O) groups excluding carboxylic acids is 1. The first-order valence-electron chi connectivity index (χ1n) is 6.62. The summed E-state index contributed by atoms with van der Waals surface area (Å²) >= 11 is 1.48. The number of likely N-dealkylation sites (tertiary alicyclic amines) is 1. The van der Waals surface area contributed by atoms with Gasteiger partial charge in [-0.2, -0.15) is 0 Å². The van der Waals surface area contributed by atoms with Crippen molar-refractivity contribution in [3.63, 3.8) is 0 Å². The Bertz CT molecular complexity index is 405. The molecule has 1 aliphatic carbocycles. The van der Waals surface area contributed by atoms with E-state index in [1.807, 2.05) is 0 Å². The number of aliphatic hydroxyl groups is 1. The van der Waals surface area contributed by atoms with Gasteiger partial charge in [0, 0.05) is 24.8 Å². The predicted molar refractivity (Wildman–Crippen MR) is 69.8 cm³/mol. The third-order valence-corrected chi connectivity index (χ3v) is 5.51. The summed E-state index contributed by atoms with van der Waals surface area (Å²) in [6.07, 6.45) is 1.49. The van der Waals surface area contributed by atoms with Gasteiger partial charge in [-0.25, -0.2) is 9.59 Å². The molecule has 0 aromatic rings. The van der Waals surface area contributed by atoms with E-state index in [9.17, 15) is 14.7 Å². The van der Waals surface area contributed by atoms with E-state index in [0.29, 0.717) is 30.6 Å². The fraction of sp³-hybridized carbons (Fsp3) is 0.833. The Hall–Kier alpha value is -0.950. The lowest BCUT2D eigenvalue weighted by atomic mass is 10.00. The van der Waals surface area contributed by atoms with Crippen molar-refractivity contribution in [2.45, 2.75) is 25.0 Å². The van der Waals surface area contributed by atoms with Gasteiger partial charge in [-0.1, -0.05) is 0 Å². The van der Waals surface area contributed by atoms with Gasteiger partial charge in [0.2, 0.25) is 0 Å². The predicted octanol–water partition coefficient (Wildman–Crippen LogP) is 0.269. The van der Waals surface area contributed by atoms with Gasteiger partial charge in [-0.3, -0.25) is 0 Å². The second-order valence-electron chi connectivity index (χ2n) is 5.58. The van der Waals surface area contributed by atoms with Crippen LogP contribution in [0.15, 0.2) is 0 Å². The molecule has 0 aromatic carbocycles. The molecular formula is C12H18N2O4S. The van der Waals surface area contributed by atoms with Crippen molar-refractivity contribution in [2.75, 3.05) is 24.7 Å². The van der Waals surface area contributed by atoms with E-state index >= 15 is 0 Å². The van der Waals surface area contributed by atoms with Gasteiger partial charge in [-0.15, -0.1) is 11.8 Å². The normalized spacial score (nSPS) is 37.7. The maximum absolute atomic E-state index is 12.4. The highest BCUT2D eigenvalue weighted by Gasteiger charge is 2.46. The molecule has 19 heavy (non-hydrogen) atoms. The van der Waals surface area contributed by atoms with E-state index in [0.717, 1.165) is 12.8 Å². The Morgan fingerprint density at radius 2 is 2.00 bits per heavy atom. The molecule has 0 spiro atoms. The summed E-state index contributed by atoms with van der Waals surface area (Å²) in [6, 6.07) is -0.887. The second-order valence-corrected chi connectivity index (χ2v) is 6.58. The summed E-state index contributed by atoms with van der Waals surface area (Å²) in [5.41, 5.74) is 0. The molecule has 2 amide bonds. The lowest BCUT2D eigenvalue weighted by Crippen LogP contribution is -2.48. The summed E-state index contributed by atoms with van der Waals surface area (Å²) in [5.74, 6) is 0.548. The van der Waals surface area contributed by atoms with Gasteiger partial charge in [0.15, 0.2) is 0 Å². The molecule has 3 aliphatic rings. The van der Waals surface area contributed by atoms with Gasteiger partial charge in [0.1, 0.15) is 6.04 Å². The first kappa shape index (κ1) is 13.1. The summed E-state index contributed by atoms with van der Waals surface area (Å²) in [5, 5.41) is 19.0. The Balaban J connectivity index is 1.67. The average Bonchev–Trinajstić information content (AvgIpc) is 3.05. The van der Waals surface area contributed by atoms with E-state index in [1.165, 1.54) is 16.7 Å². The third-order valence-electron chi connectivity index (χ3n) is 4.50. The van der Waals surface area contributed by atoms with Crippen molar-refractivity contribution in [1.29, 1.82) is 0 Å². The Morgan fingerprint density at radius 1 is 1.21 bits per heavy atom. The number of aliphatic carboxylic acids is 1. The molecule has 0 bridgehead atoms. The fourth-order valence-electron chi connectivity index (χ4n) is 3.41. The highest BCUT2D eigenvalue weighted by molar-refractivity contribution is 7.99. The number of aliphatic hydroxyl groups excluding tert-OH is 1. The van der Waals surface area contributed by atoms with Crippen LogP contribution in [0, 0.1) is 11.8 Å². The molecule has 0 radical (unpaired) electrons. The molecule has 7 heteroatoms. The van der Waals surface area contributed by atoms with Crippen molar-refractivity contribution < 1.29 is 19.8 Å². The van der Waals surface area contributed by atoms with Gasteiger partial charge in [0.25, 0.3) is 0 Å². The number of carbonyl (C=O) groups is 2. The number of hydrogen-bond acceptors (Lipinski definition) is 4. The van der Waals surface area contributed by atoms with Gasteiger partial charge < -0.3 is 20.0 Å². The van der Waals surface area contributed by atoms with Crippen LogP contribution in [0.3, 0.4) is 0 Å². The van der Waals surface area contributed by atoms with Crippen molar-refractivity contribution in [1.82, 2.24) is 9.80 Å². The minimum atomic E-state index is -0.933. The first-order chi connectivity index (χ1) is 9.08. The first-order valence-corrected chi connectivity index (χ1v) is 7.77. The summed E-state index contributed by atoms with van der Waals surface area (Å²) in [4.78, 5) is 26.7. The monoisotopic (exact) mass is 286 g/mol. The van der Waals surface area contributed by atoms with Crippen molar-refractivity contribution in [2.24, 2.45) is 11.8 Å². The number of nitrogens with zero attached hydrogens (tertiary/aromatic N) is 2. The smallest absolute Gasteiger partial charge is 0.327 e. The van der Waals surface area contributed by atoms with E-state index < -0.39 is 12.0 Å². The molecule has 106 valence electrons. The Kier molecular flexibility index (Phi) is 3.34. The molecule has 2 aliphatic heterocycles. The van der Waals surface area contributed by atoms with Gasteiger partial charge >= 0.3 is 12.0 Å². The molecule has 2 heterocycles. The van der Waals surface area contributed by atoms with Crippen molar-refractivity contribution in [3.05, 3.63) is 0 Å². The quantitative estimate of drug-likeness (QED) is 0.723. The van der Waals surface area contributed by atoms with E-state index in [4.69, 9.17) is 5.11 Å². The molecule has 2 saturated heterocycles. The van der Waals surface area contributed by atoms with Crippen LogP contribution in [0.4, 0.5) is 4.79 Å². The van der Waals surface area contributed by atoms with E-state index in [-0.39, 0.29) is 18.1 Å². The SMILES string of the molecule is O=C(O)C1CSCN1C(=O)N1CC2CCC(O)C2C1. The zero-order valence-electron chi connectivity index (χ0n) is 10.6. The number of amides is 2. The molecule has 3 rings (SSSR count). The minimum absolute atomic E-state index is 0.181. The highest BCUT2D eigenvalue weighted by Crippen LogP contribution is 2.38. The molecule has 0 aromatic heterocycles.